The number of ether oxygens (including phenoxy) is 1. The summed E-state index contributed by atoms with van der Waals surface area (Å²) in [5, 5.41) is 15.3. The summed E-state index contributed by atoms with van der Waals surface area (Å²) in [6.45, 7) is 0. The maximum atomic E-state index is 5.23. The minimum absolute atomic E-state index is 0.0869. The van der Waals surface area contributed by atoms with Crippen LogP contribution in [0, 0.1) is 0 Å². The molecule has 0 unspecified atom stereocenters. The fourth-order valence-corrected chi connectivity index (χ4v) is 3.12. The van der Waals surface area contributed by atoms with Crippen LogP contribution in [-0.4, -0.2) is 27.3 Å². The highest BCUT2D eigenvalue weighted by atomic mass is 79.9. The van der Waals surface area contributed by atoms with E-state index in [1.165, 1.54) is 0 Å². The van der Waals surface area contributed by atoms with Crippen LogP contribution in [0.1, 0.15) is 17.2 Å². The SMILES string of the molecule is COc1ccc([C@@H]2C=C(c3cccc(Br)c3)Nc3nnnn32)cc1. The number of fused-ring (bicyclic) bond motifs is 1. The molecular formula is C17H14BrN5O. The molecular weight excluding hydrogens is 370 g/mol. The van der Waals surface area contributed by atoms with E-state index in [-0.39, 0.29) is 6.04 Å². The summed E-state index contributed by atoms with van der Waals surface area (Å²) in [5.41, 5.74) is 3.12. The lowest BCUT2D eigenvalue weighted by Crippen LogP contribution is -2.20. The normalized spacial score (nSPS) is 16.1. The number of rotatable bonds is 3. The first-order chi connectivity index (χ1) is 11.7. The van der Waals surface area contributed by atoms with E-state index < -0.39 is 0 Å². The van der Waals surface area contributed by atoms with E-state index in [0.29, 0.717) is 5.95 Å². The number of nitrogens with one attached hydrogen (secondary N) is 1. The summed E-state index contributed by atoms with van der Waals surface area (Å²) in [6.07, 6.45) is 2.12. The van der Waals surface area contributed by atoms with Gasteiger partial charge in [-0.3, -0.25) is 0 Å². The van der Waals surface area contributed by atoms with E-state index in [4.69, 9.17) is 4.74 Å². The molecule has 0 fully saturated rings. The van der Waals surface area contributed by atoms with Gasteiger partial charge in [0, 0.05) is 10.2 Å². The predicted octanol–water partition coefficient (Wildman–Crippen LogP) is 3.50. The van der Waals surface area contributed by atoms with Crippen molar-refractivity contribution in [1.29, 1.82) is 0 Å². The van der Waals surface area contributed by atoms with Gasteiger partial charge in [0.25, 0.3) is 0 Å². The molecule has 1 aliphatic rings. The molecule has 2 aromatic carbocycles. The van der Waals surface area contributed by atoms with Gasteiger partial charge in [0.2, 0.25) is 5.95 Å². The molecule has 2 heterocycles. The predicted molar refractivity (Wildman–Crippen MR) is 94.7 cm³/mol. The van der Waals surface area contributed by atoms with Crippen LogP contribution in [0.3, 0.4) is 0 Å². The zero-order chi connectivity index (χ0) is 16.5. The molecule has 0 saturated heterocycles. The highest BCUT2D eigenvalue weighted by Gasteiger charge is 2.24. The average Bonchev–Trinajstić information content (AvgIpc) is 3.09. The number of halogens is 1. The van der Waals surface area contributed by atoms with Crippen LogP contribution in [0.4, 0.5) is 5.95 Å². The molecule has 0 spiro atoms. The fourth-order valence-electron chi connectivity index (χ4n) is 2.72. The number of nitrogens with zero attached hydrogens (tertiary/aromatic N) is 4. The largest absolute Gasteiger partial charge is 0.497 e. The second-order valence-corrected chi connectivity index (χ2v) is 6.30. The Balaban J connectivity index is 1.78. The van der Waals surface area contributed by atoms with Crippen molar-refractivity contribution in [2.24, 2.45) is 0 Å². The first-order valence-electron chi connectivity index (χ1n) is 7.41. The molecule has 0 amide bonds. The summed E-state index contributed by atoms with van der Waals surface area (Å²) in [4.78, 5) is 0. The van der Waals surface area contributed by atoms with Crippen molar-refractivity contribution in [3.05, 3.63) is 70.2 Å². The molecule has 0 aliphatic carbocycles. The van der Waals surface area contributed by atoms with Gasteiger partial charge < -0.3 is 10.1 Å². The Morgan fingerprint density at radius 2 is 2.00 bits per heavy atom. The summed E-state index contributed by atoms with van der Waals surface area (Å²) in [5.74, 6) is 1.44. The van der Waals surface area contributed by atoms with Gasteiger partial charge in [-0.25, -0.2) is 0 Å². The molecule has 3 aromatic rings. The Labute approximate surface area is 147 Å². The van der Waals surface area contributed by atoms with E-state index in [2.05, 4.69) is 48.9 Å². The van der Waals surface area contributed by atoms with Crippen LogP contribution < -0.4 is 10.1 Å². The lowest BCUT2D eigenvalue weighted by Gasteiger charge is -2.23. The zero-order valence-corrected chi connectivity index (χ0v) is 14.4. The second kappa shape index (κ2) is 6.09. The first-order valence-corrected chi connectivity index (χ1v) is 8.20. The number of anilines is 1. The minimum atomic E-state index is -0.0869. The monoisotopic (exact) mass is 383 g/mol. The first kappa shape index (κ1) is 14.9. The van der Waals surface area contributed by atoms with Gasteiger partial charge in [-0.2, -0.15) is 4.68 Å². The number of hydrogen-bond acceptors (Lipinski definition) is 5. The van der Waals surface area contributed by atoms with Crippen molar-refractivity contribution in [2.75, 3.05) is 12.4 Å². The molecule has 7 heteroatoms. The Kier molecular flexibility index (Phi) is 3.78. The molecule has 6 nitrogen and oxygen atoms in total. The van der Waals surface area contributed by atoms with Gasteiger partial charge in [-0.05, 0) is 51.9 Å². The minimum Gasteiger partial charge on any atom is -0.497 e. The number of aromatic nitrogens is 4. The molecule has 0 bridgehead atoms. The number of tetrazole rings is 1. The fraction of sp³-hybridized carbons (Fsp3) is 0.118. The Morgan fingerprint density at radius 3 is 2.75 bits per heavy atom. The van der Waals surface area contributed by atoms with Crippen molar-refractivity contribution in [3.63, 3.8) is 0 Å². The standard InChI is InChI=1S/C17H14BrN5O/c1-24-14-7-5-11(6-8-14)16-10-15(12-3-2-4-13(18)9-12)19-17-20-21-22-23(16)17/h2-10,16H,1H3,(H,19,20,22)/t16-/m0/s1. The maximum absolute atomic E-state index is 5.23. The van der Waals surface area contributed by atoms with E-state index in [0.717, 1.165) is 27.0 Å². The highest BCUT2D eigenvalue weighted by Crippen LogP contribution is 2.32. The summed E-state index contributed by atoms with van der Waals surface area (Å²) in [6, 6.07) is 15.9. The van der Waals surface area contributed by atoms with Gasteiger partial charge in [0.15, 0.2) is 0 Å². The molecule has 1 aliphatic heterocycles. The third kappa shape index (κ3) is 2.67. The van der Waals surface area contributed by atoms with Crippen molar-refractivity contribution >= 4 is 27.6 Å². The van der Waals surface area contributed by atoms with Crippen LogP contribution in [0.5, 0.6) is 5.75 Å². The van der Waals surface area contributed by atoms with Crippen LogP contribution in [-0.2, 0) is 0 Å². The summed E-state index contributed by atoms with van der Waals surface area (Å²) < 4.78 is 8.02. The summed E-state index contributed by atoms with van der Waals surface area (Å²) >= 11 is 3.51. The third-order valence-corrected chi connectivity index (χ3v) is 4.41. The number of hydrogen-bond donors (Lipinski definition) is 1. The third-order valence-electron chi connectivity index (χ3n) is 3.92. The van der Waals surface area contributed by atoms with E-state index in [1.54, 1.807) is 11.8 Å². The highest BCUT2D eigenvalue weighted by molar-refractivity contribution is 9.10. The molecule has 0 radical (unpaired) electrons. The maximum Gasteiger partial charge on any atom is 0.248 e. The van der Waals surface area contributed by atoms with Crippen molar-refractivity contribution < 1.29 is 4.74 Å². The van der Waals surface area contributed by atoms with Crippen LogP contribution in [0.25, 0.3) is 5.70 Å². The van der Waals surface area contributed by atoms with Gasteiger partial charge in [-0.1, -0.05) is 45.3 Å². The average molecular weight is 384 g/mol. The van der Waals surface area contributed by atoms with Crippen LogP contribution >= 0.6 is 15.9 Å². The molecule has 1 N–H and O–H groups in total. The summed E-state index contributed by atoms with van der Waals surface area (Å²) in [7, 11) is 1.66. The van der Waals surface area contributed by atoms with Crippen LogP contribution in [0.2, 0.25) is 0 Å². The van der Waals surface area contributed by atoms with Crippen molar-refractivity contribution in [3.8, 4) is 5.75 Å². The Hall–Kier alpha value is -2.67. The number of allylic oxidation sites excluding steroid dienone is 1. The topological polar surface area (TPSA) is 64.9 Å². The van der Waals surface area contributed by atoms with Crippen molar-refractivity contribution in [1.82, 2.24) is 20.2 Å². The molecule has 1 atom stereocenters. The quantitative estimate of drug-likeness (QED) is 0.749. The number of methoxy groups -OCH3 is 1. The lowest BCUT2D eigenvalue weighted by molar-refractivity contribution is 0.414. The molecule has 1 aromatic heterocycles. The Bertz CT molecular complexity index is 903. The second-order valence-electron chi connectivity index (χ2n) is 5.38. The van der Waals surface area contributed by atoms with Gasteiger partial charge in [-0.15, -0.1) is 0 Å². The molecule has 0 saturated carbocycles. The zero-order valence-electron chi connectivity index (χ0n) is 12.8. The molecule has 4 rings (SSSR count). The molecule has 120 valence electrons. The molecule has 24 heavy (non-hydrogen) atoms. The van der Waals surface area contributed by atoms with Gasteiger partial charge >= 0.3 is 0 Å². The van der Waals surface area contributed by atoms with Crippen LogP contribution in [0.15, 0.2) is 59.1 Å². The van der Waals surface area contributed by atoms with E-state index in [1.807, 2.05) is 42.5 Å². The lowest BCUT2D eigenvalue weighted by atomic mass is 10.0. The smallest absolute Gasteiger partial charge is 0.248 e. The number of benzene rings is 2. The van der Waals surface area contributed by atoms with E-state index in [9.17, 15) is 0 Å². The van der Waals surface area contributed by atoms with Gasteiger partial charge in [0.05, 0.1) is 7.11 Å². The van der Waals surface area contributed by atoms with E-state index >= 15 is 0 Å². The van der Waals surface area contributed by atoms with Gasteiger partial charge in [0.1, 0.15) is 11.8 Å². The van der Waals surface area contributed by atoms with Crippen molar-refractivity contribution in [2.45, 2.75) is 6.04 Å². The Morgan fingerprint density at radius 1 is 1.17 bits per heavy atom.